The summed E-state index contributed by atoms with van der Waals surface area (Å²) in [5, 5.41) is 4.61. The van der Waals surface area contributed by atoms with Crippen LogP contribution in [0.15, 0.2) is 6.20 Å². The van der Waals surface area contributed by atoms with Crippen LogP contribution in [0.3, 0.4) is 0 Å². The third kappa shape index (κ3) is 2.70. The highest BCUT2D eigenvalue weighted by molar-refractivity contribution is 6.34. The van der Waals surface area contributed by atoms with E-state index in [1.165, 1.54) is 6.42 Å². The van der Waals surface area contributed by atoms with E-state index in [4.69, 9.17) is 11.6 Å². The van der Waals surface area contributed by atoms with E-state index in [1.54, 1.807) is 10.9 Å². The monoisotopic (exact) mass is 283 g/mol. The van der Waals surface area contributed by atoms with Crippen LogP contribution in [-0.2, 0) is 6.54 Å². The molecular formula is C14H22ClN3O. The smallest absolute Gasteiger partial charge is 0.201 e. The molecule has 0 atom stereocenters. The Morgan fingerprint density at radius 2 is 2.00 bits per heavy atom. The maximum absolute atomic E-state index is 12.8. The van der Waals surface area contributed by atoms with Crippen LogP contribution in [0.5, 0.6) is 0 Å². The van der Waals surface area contributed by atoms with Gasteiger partial charge >= 0.3 is 0 Å². The van der Waals surface area contributed by atoms with Crippen molar-refractivity contribution in [3.63, 3.8) is 0 Å². The standard InChI is InChI=1S/C14H22ClN3O/c1-4-18-12(11(15)10-16-18)13(19)14(2,3)17-8-6-5-7-9-17/h10H,4-9H2,1-3H3. The van der Waals surface area contributed by atoms with Gasteiger partial charge in [-0.2, -0.15) is 5.10 Å². The van der Waals surface area contributed by atoms with E-state index in [9.17, 15) is 4.79 Å². The van der Waals surface area contributed by atoms with Gasteiger partial charge in [0.2, 0.25) is 5.78 Å². The average Bonchev–Trinajstić information content (AvgIpc) is 2.79. The molecule has 0 spiro atoms. The first kappa shape index (κ1) is 14.5. The lowest BCUT2D eigenvalue weighted by Crippen LogP contribution is -2.52. The van der Waals surface area contributed by atoms with Crippen LogP contribution < -0.4 is 0 Å². The summed E-state index contributed by atoms with van der Waals surface area (Å²) in [6, 6.07) is 0. The Labute approximate surface area is 119 Å². The van der Waals surface area contributed by atoms with Crippen LogP contribution in [0.4, 0.5) is 0 Å². The van der Waals surface area contributed by atoms with Crippen molar-refractivity contribution in [3.05, 3.63) is 16.9 Å². The number of aromatic nitrogens is 2. The summed E-state index contributed by atoms with van der Waals surface area (Å²) in [7, 11) is 0. The summed E-state index contributed by atoms with van der Waals surface area (Å²) < 4.78 is 1.69. The molecule has 0 unspecified atom stereocenters. The number of halogens is 1. The van der Waals surface area contributed by atoms with Crippen LogP contribution in [-0.4, -0.2) is 39.1 Å². The first-order valence-corrected chi connectivity index (χ1v) is 7.37. The molecule has 2 heterocycles. The van der Waals surface area contributed by atoms with Gasteiger partial charge in [-0.1, -0.05) is 18.0 Å². The average molecular weight is 284 g/mol. The normalized spacial score (nSPS) is 17.7. The largest absolute Gasteiger partial charge is 0.291 e. The van der Waals surface area contributed by atoms with Crippen LogP contribution >= 0.6 is 11.6 Å². The third-order valence-corrected chi connectivity index (χ3v) is 4.29. The van der Waals surface area contributed by atoms with Gasteiger partial charge in [-0.15, -0.1) is 0 Å². The SMILES string of the molecule is CCn1ncc(Cl)c1C(=O)C(C)(C)N1CCCCC1. The van der Waals surface area contributed by atoms with E-state index < -0.39 is 5.54 Å². The van der Waals surface area contributed by atoms with Crippen LogP contribution in [0.25, 0.3) is 0 Å². The van der Waals surface area contributed by atoms with E-state index >= 15 is 0 Å². The van der Waals surface area contributed by atoms with Crippen LogP contribution in [0, 0.1) is 0 Å². The Morgan fingerprint density at radius 3 is 2.58 bits per heavy atom. The molecule has 5 heteroatoms. The molecule has 4 nitrogen and oxygen atoms in total. The number of aryl methyl sites for hydroxylation is 1. The first-order valence-electron chi connectivity index (χ1n) is 6.99. The van der Waals surface area contributed by atoms with Gasteiger partial charge in [0.25, 0.3) is 0 Å². The third-order valence-electron chi connectivity index (χ3n) is 4.01. The van der Waals surface area contributed by atoms with Gasteiger partial charge < -0.3 is 0 Å². The molecule has 0 bridgehead atoms. The van der Waals surface area contributed by atoms with Gasteiger partial charge in [0, 0.05) is 6.54 Å². The van der Waals surface area contributed by atoms with E-state index in [2.05, 4.69) is 10.00 Å². The quantitative estimate of drug-likeness (QED) is 0.797. The lowest BCUT2D eigenvalue weighted by atomic mass is 9.92. The van der Waals surface area contributed by atoms with E-state index in [0.717, 1.165) is 25.9 Å². The fourth-order valence-electron chi connectivity index (χ4n) is 2.71. The van der Waals surface area contributed by atoms with Gasteiger partial charge in [0.1, 0.15) is 5.69 Å². The van der Waals surface area contributed by atoms with E-state index in [1.807, 2.05) is 20.8 Å². The van der Waals surface area contributed by atoms with Crippen molar-refractivity contribution in [1.82, 2.24) is 14.7 Å². The Balaban J connectivity index is 2.28. The predicted molar refractivity (Wildman–Crippen MR) is 76.7 cm³/mol. The van der Waals surface area contributed by atoms with Crippen molar-refractivity contribution >= 4 is 17.4 Å². The van der Waals surface area contributed by atoms with Crippen molar-refractivity contribution in [3.8, 4) is 0 Å². The molecular weight excluding hydrogens is 262 g/mol. The van der Waals surface area contributed by atoms with E-state index in [0.29, 0.717) is 17.3 Å². The molecule has 1 aliphatic heterocycles. The lowest BCUT2D eigenvalue weighted by Gasteiger charge is -2.39. The van der Waals surface area contributed by atoms with Crippen LogP contribution in [0.1, 0.15) is 50.5 Å². The van der Waals surface area contributed by atoms with Gasteiger partial charge in [0.05, 0.1) is 16.8 Å². The molecule has 0 aromatic carbocycles. The number of likely N-dealkylation sites (tertiary alicyclic amines) is 1. The Morgan fingerprint density at radius 1 is 1.37 bits per heavy atom. The summed E-state index contributed by atoms with van der Waals surface area (Å²) in [5.74, 6) is 0.0683. The molecule has 19 heavy (non-hydrogen) atoms. The molecule has 1 fully saturated rings. The van der Waals surface area contributed by atoms with Crippen molar-refractivity contribution in [2.75, 3.05) is 13.1 Å². The predicted octanol–water partition coefficient (Wildman–Crippen LogP) is 3.00. The number of nitrogens with zero attached hydrogens (tertiary/aromatic N) is 3. The molecule has 0 saturated carbocycles. The Hall–Kier alpha value is -0.870. The maximum Gasteiger partial charge on any atom is 0.201 e. The number of piperidine rings is 1. The number of Topliss-reactive ketones (excluding diaryl/α,β-unsaturated/α-hetero) is 1. The summed E-state index contributed by atoms with van der Waals surface area (Å²) in [4.78, 5) is 15.1. The fraction of sp³-hybridized carbons (Fsp3) is 0.714. The number of carbonyl (C=O) groups is 1. The lowest BCUT2D eigenvalue weighted by molar-refractivity contribution is 0.0568. The highest BCUT2D eigenvalue weighted by atomic mass is 35.5. The Bertz CT molecular complexity index is 461. The minimum Gasteiger partial charge on any atom is -0.291 e. The maximum atomic E-state index is 12.8. The van der Waals surface area contributed by atoms with Crippen molar-refractivity contribution in [2.24, 2.45) is 0 Å². The highest BCUT2D eigenvalue weighted by Gasteiger charge is 2.38. The van der Waals surface area contributed by atoms with Crippen LogP contribution in [0.2, 0.25) is 5.02 Å². The molecule has 106 valence electrons. The molecule has 0 N–H and O–H groups in total. The zero-order chi connectivity index (χ0) is 14.0. The number of ketones is 1. The minimum absolute atomic E-state index is 0.0683. The second kappa shape index (κ2) is 5.63. The van der Waals surface area contributed by atoms with Crippen molar-refractivity contribution in [1.29, 1.82) is 0 Å². The molecule has 0 amide bonds. The topological polar surface area (TPSA) is 38.1 Å². The summed E-state index contributed by atoms with van der Waals surface area (Å²) in [6.07, 6.45) is 5.15. The highest BCUT2D eigenvalue weighted by Crippen LogP contribution is 2.27. The summed E-state index contributed by atoms with van der Waals surface area (Å²) in [6.45, 7) is 8.57. The second-order valence-electron chi connectivity index (χ2n) is 5.59. The van der Waals surface area contributed by atoms with Crippen molar-refractivity contribution < 1.29 is 4.79 Å². The molecule has 1 aromatic heterocycles. The number of hydrogen-bond acceptors (Lipinski definition) is 3. The molecule has 1 aromatic rings. The zero-order valence-corrected chi connectivity index (χ0v) is 12.7. The zero-order valence-electron chi connectivity index (χ0n) is 11.9. The fourth-order valence-corrected chi connectivity index (χ4v) is 2.94. The Kier molecular flexibility index (Phi) is 4.31. The number of carbonyl (C=O) groups excluding carboxylic acids is 1. The molecule has 2 rings (SSSR count). The summed E-state index contributed by atoms with van der Waals surface area (Å²) >= 11 is 6.14. The summed E-state index contributed by atoms with van der Waals surface area (Å²) in [5.41, 5.74) is 0.0246. The molecule has 0 aliphatic carbocycles. The van der Waals surface area contributed by atoms with Crippen molar-refractivity contribution in [2.45, 2.75) is 52.1 Å². The van der Waals surface area contributed by atoms with Gasteiger partial charge in [-0.3, -0.25) is 14.4 Å². The van der Waals surface area contributed by atoms with Gasteiger partial charge in [-0.25, -0.2) is 0 Å². The molecule has 1 saturated heterocycles. The number of hydrogen-bond donors (Lipinski definition) is 0. The first-order chi connectivity index (χ1) is 8.98. The number of rotatable bonds is 4. The van der Waals surface area contributed by atoms with Gasteiger partial charge in [0.15, 0.2) is 0 Å². The minimum atomic E-state index is -0.517. The molecule has 0 radical (unpaired) electrons. The van der Waals surface area contributed by atoms with Gasteiger partial charge in [-0.05, 0) is 46.7 Å². The second-order valence-corrected chi connectivity index (χ2v) is 6.00. The van der Waals surface area contributed by atoms with E-state index in [-0.39, 0.29) is 5.78 Å². The molecule has 1 aliphatic rings.